The molecule has 4 aromatic carbocycles. The van der Waals surface area contributed by atoms with E-state index in [1.807, 2.05) is 107 Å². The molecule has 2 aromatic heterocycles. The van der Waals surface area contributed by atoms with Gasteiger partial charge in [0.2, 0.25) is 0 Å². The summed E-state index contributed by atoms with van der Waals surface area (Å²) in [6, 6.07) is 36.4. The van der Waals surface area contributed by atoms with Crippen LogP contribution >= 0.6 is 0 Å². The average molecular weight is 522 g/mol. The van der Waals surface area contributed by atoms with Crippen molar-refractivity contribution in [3.8, 4) is 28.8 Å². The molecule has 0 aliphatic carbocycles. The molecule has 0 unspecified atom stereocenters. The molecule has 0 saturated heterocycles. The van der Waals surface area contributed by atoms with Gasteiger partial charge >= 0.3 is 0 Å². The van der Waals surface area contributed by atoms with E-state index in [-0.39, 0.29) is 0 Å². The van der Waals surface area contributed by atoms with E-state index in [0.717, 1.165) is 44.9 Å². The highest BCUT2D eigenvalue weighted by molar-refractivity contribution is 5.93. The standard InChI is InChI=1S/C34H27N5O/c1-24-12-14-25(15-13-24)23-40-30-18-16-26(17-19-30)33-28(22-39(37-33)29-8-4-3-5-9-29)20-27(21-35)34-36-31-10-6-7-11-32(31)38(34)2/h3-20,22H,23H2,1-2H3/b27-20-. The van der Waals surface area contributed by atoms with Crippen molar-refractivity contribution >= 4 is 22.7 Å². The summed E-state index contributed by atoms with van der Waals surface area (Å²) < 4.78 is 9.81. The molecular formula is C34H27N5O. The second-order valence-electron chi connectivity index (χ2n) is 9.66. The van der Waals surface area contributed by atoms with Crippen molar-refractivity contribution in [2.24, 2.45) is 7.05 Å². The molecule has 194 valence electrons. The van der Waals surface area contributed by atoms with Crippen LogP contribution in [0.4, 0.5) is 0 Å². The lowest BCUT2D eigenvalue weighted by Gasteiger charge is -2.08. The molecule has 0 radical (unpaired) electrons. The van der Waals surface area contributed by atoms with Gasteiger partial charge in [-0.25, -0.2) is 9.67 Å². The van der Waals surface area contributed by atoms with Crippen LogP contribution in [0.5, 0.6) is 5.75 Å². The predicted molar refractivity (Wildman–Crippen MR) is 159 cm³/mol. The molecule has 0 N–H and O–H groups in total. The van der Waals surface area contributed by atoms with Gasteiger partial charge in [0.25, 0.3) is 0 Å². The Morgan fingerprint density at radius 3 is 2.35 bits per heavy atom. The third kappa shape index (κ3) is 5.01. The van der Waals surface area contributed by atoms with Gasteiger partial charge in [-0.05, 0) is 67.1 Å². The second-order valence-corrected chi connectivity index (χ2v) is 9.66. The van der Waals surface area contributed by atoms with E-state index in [9.17, 15) is 5.26 Å². The summed E-state index contributed by atoms with van der Waals surface area (Å²) in [6.07, 6.45) is 3.82. The van der Waals surface area contributed by atoms with Crippen molar-refractivity contribution in [2.75, 3.05) is 0 Å². The fraction of sp³-hybridized carbons (Fsp3) is 0.0882. The Bertz CT molecular complexity index is 1850. The zero-order chi connectivity index (χ0) is 27.5. The van der Waals surface area contributed by atoms with Gasteiger partial charge in [0.05, 0.1) is 28.0 Å². The minimum absolute atomic E-state index is 0.464. The fourth-order valence-electron chi connectivity index (χ4n) is 4.68. The molecule has 0 aliphatic heterocycles. The topological polar surface area (TPSA) is 68.7 Å². The van der Waals surface area contributed by atoms with E-state index >= 15 is 0 Å². The maximum absolute atomic E-state index is 10.2. The Kier molecular flexibility index (Phi) is 6.70. The van der Waals surface area contributed by atoms with Crippen LogP contribution in [0, 0.1) is 18.3 Å². The van der Waals surface area contributed by atoms with E-state index < -0.39 is 0 Å². The van der Waals surface area contributed by atoms with Crippen molar-refractivity contribution in [1.29, 1.82) is 5.26 Å². The van der Waals surface area contributed by atoms with Crippen LogP contribution in [0.2, 0.25) is 0 Å². The number of para-hydroxylation sites is 3. The number of hydrogen-bond donors (Lipinski definition) is 0. The number of ether oxygens (including phenoxy) is 1. The number of rotatable bonds is 7. The highest BCUT2D eigenvalue weighted by Gasteiger charge is 2.16. The van der Waals surface area contributed by atoms with Gasteiger partial charge in [0.1, 0.15) is 18.4 Å². The number of imidazole rings is 1. The third-order valence-corrected chi connectivity index (χ3v) is 6.87. The number of aromatic nitrogens is 4. The number of nitriles is 1. The van der Waals surface area contributed by atoms with E-state index in [1.165, 1.54) is 5.56 Å². The summed E-state index contributed by atoms with van der Waals surface area (Å²) in [5.74, 6) is 1.39. The van der Waals surface area contributed by atoms with Crippen LogP contribution < -0.4 is 4.74 Å². The molecular weight excluding hydrogens is 494 g/mol. The number of hydrogen-bond acceptors (Lipinski definition) is 4. The molecule has 0 bridgehead atoms. The summed E-state index contributed by atoms with van der Waals surface area (Å²) in [4.78, 5) is 4.74. The molecule has 2 heterocycles. The maximum Gasteiger partial charge on any atom is 0.151 e. The van der Waals surface area contributed by atoms with Crippen LogP contribution in [0.3, 0.4) is 0 Å². The minimum Gasteiger partial charge on any atom is -0.489 e. The van der Waals surface area contributed by atoms with Crippen molar-refractivity contribution in [2.45, 2.75) is 13.5 Å². The summed E-state index contributed by atoms with van der Waals surface area (Å²) in [5.41, 5.74) is 8.07. The maximum atomic E-state index is 10.2. The van der Waals surface area contributed by atoms with Crippen molar-refractivity contribution in [3.63, 3.8) is 0 Å². The normalized spacial score (nSPS) is 11.5. The first-order valence-electron chi connectivity index (χ1n) is 13.1. The van der Waals surface area contributed by atoms with Gasteiger partial charge in [-0.15, -0.1) is 0 Å². The molecule has 0 atom stereocenters. The molecule has 40 heavy (non-hydrogen) atoms. The number of fused-ring (bicyclic) bond motifs is 1. The number of allylic oxidation sites excluding steroid dienone is 1. The molecule has 0 amide bonds. The monoisotopic (exact) mass is 521 g/mol. The largest absolute Gasteiger partial charge is 0.489 e. The first-order chi connectivity index (χ1) is 19.6. The van der Waals surface area contributed by atoms with E-state index in [2.05, 4.69) is 37.3 Å². The Morgan fingerprint density at radius 1 is 0.900 bits per heavy atom. The van der Waals surface area contributed by atoms with Crippen LogP contribution in [-0.2, 0) is 13.7 Å². The smallest absolute Gasteiger partial charge is 0.151 e. The lowest BCUT2D eigenvalue weighted by atomic mass is 10.1. The summed E-state index contributed by atoms with van der Waals surface area (Å²) in [5, 5.41) is 15.1. The number of aryl methyl sites for hydroxylation is 2. The van der Waals surface area contributed by atoms with Crippen LogP contribution in [-0.4, -0.2) is 19.3 Å². The van der Waals surface area contributed by atoms with E-state index in [0.29, 0.717) is 18.0 Å². The van der Waals surface area contributed by atoms with Gasteiger partial charge in [-0.3, -0.25) is 0 Å². The number of nitrogens with zero attached hydrogens (tertiary/aromatic N) is 5. The minimum atomic E-state index is 0.464. The Hall–Kier alpha value is -5.41. The average Bonchev–Trinajstić information content (AvgIpc) is 3.57. The molecule has 0 spiro atoms. The first-order valence-corrected chi connectivity index (χ1v) is 13.1. The van der Waals surface area contributed by atoms with Crippen LogP contribution in [0.1, 0.15) is 22.5 Å². The predicted octanol–water partition coefficient (Wildman–Crippen LogP) is 7.38. The summed E-state index contributed by atoms with van der Waals surface area (Å²) in [6.45, 7) is 2.57. The zero-order valence-electron chi connectivity index (χ0n) is 22.3. The van der Waals surface area contributed by atoms with Crippen LogP contribution in [0.25, 0.3) is 39.6 Å². The van der Waals surface area contributed by atoms with Gasteiger partial charge in [-0.1, -0.05) is 60.2 Å². The molecule has 6 rings (SSSR count). The van der Waals surface area contributed by atoms with Gasteiger partial charge < -0.3 is 9.30 Å². The molecule has 6 nitrogen and oxygen atoms in total. The first kappa shape index (κ1) is 24.9. The molecule has 0 saturated carbocycles. The van der Waals surface area contributed by atoms with Gasteiger partial charge in [-0.2, -0.15) is 10.4 Å². The van der Waals surface area contributed by atoms with Gasteiger partial charge in [0.15, 0.2) is 5.82 Å². The lowest BCUT2D eigenvalue weighted by Crippen LogP contribution is -1.96. The van der Waals surface area contributed by atoms with Crippen molar-refractivity contribution < 1.29 is 4.74 Å². The molecule has 0 aliphatic rings. The summed E-state index contributed by atoms with van der Waals surface area (Å²) in [7, 11) is 1.93. The lowest BCUT2D eigenvalue weighted by molar-refractivity contribution is 0.306. The van der Waals surface area contributed by atoms with Gasteiger partial charge in [0, 0.05) is 24.4 Å². The Morgan fingerprint density at radius 2 is 1.62 bits per heavy atom. The van der Waals surface area contributed by atoms with Crippen LogP contribution in [0.15, 0.2) is 109 Å². The Balaban J connectivity index is 1.37. The van der Waals surface area contributed by atoms with Crippen molar-refractivity contribution in [1.82, 2.24) is 19.3 Å². The zero-order valence-corrected chi connectivity index (χ0v) is 22.3. The Labute approximate surface area is 233 Å². The molecule has 6 aromatic rings. The molecule has 0 fully saturated rings. The van der Waals surface area contributed by atoms with E-state index in [4.69, 9.17) is 14.8 Å². The molecule has 6 heteroatoms. The highest BCUT2D eigenvalue weighted by Crippen LogP contribution is 2.30. The second kappa shape index (κ2) is 10.8. The quantitative estimate of drug-likeness (QED) is 0.206. The third-order valence-electron chi connectivity index (χ3n) is 6.87. The fourth-order valence-corrected chi connectivity index (χ4v) is 4.68. The van der Waals surface area contributed by atoms with Crippen molar-refractivity contribution in [3.05, 3.63) is 132 Å². The number of benzene rings is 4. The SMILES string of the molecule is Cc1ccc(COc2ccc(-c3nn(-c4ccccc4)cc3/C=C(/C#N)c3nc4ccccc4n3C)cc2)cc1. The summed E-state index contributed by atoms with van der Waals surface area (Å²) >= 11 is 0. The van der Waals surface area contributed by atoms with E-state index in [1.54, 1.807) is 0 Å². The highest BCUT2D eigenvalue weighted by atomic mass is 16.5.